The molecule has 2 aliphatic rings. The number of benzene rings is 1. The Bertz CT molecular complexity index is 821. The van der Waals surface area contributed by atoms with Crippen LogP contribution in [0.5, 0.6) is 0 Å². The Kier molecular flexibility index (Phi) is 7.67. The molecule has 0 aromatic heterocycles. The summed E-state index contributed by atoms with van der Waals surface area (Å²) in [5, 5.41) is 2.89. The van der Waals surface area contributed by atoms with E-state index >= 15 is 0 Å². The minimum Gasteiger partial charge on any atom is -0.436 e. The Morgan fingerprint density at radius 2 is 1.94 bits per heavy atom. The van der Waals surface area contributed by atoms with Crippen LogP contribution in [-0.2, 0) is 14.9 Å². The van der Waals surface area contributed by atoms with Gasteiger partial charge in [0.1, 0.15) is 5.82 Å². The van der Waals surface area contributed by atoms with E-state index in [-0.39, 0.29) is 23.2 Å². The first-order chi connectivity index (χ1) is 15.1. The van der Waals surface area contributed by atoms with Crippen molar-refractivity contribution in [1.82, 2.24) is 10.2 Å². The van der Waals surface area contributed by atoms with Gasteiger partial charge in [-0.05, 0) is 43.0 Å². The SMILES string of the molecule is C[C@@H](CN1CC(C)(C)c2cc(F)ccc21)NC(=O)O[C@@H](CC1CCCCC1)C(=O)N(C)C. The normalized spacial score (nSPS) is 19.8. The largest absolute Gasteiger partial charge is 0.436 e. The van der Waals surface area contributed by atoms with Crippen molar-refractivity contribution in [2.24, 2.45) is 5.92 Å². The lowest BCUT2D eigenvalue weighted by atomic mass is 9.85. The summed E-state index contributed by atoms with van der Waals surface area (Å²) in [4.78, 5) is 29.0. The van der Waals surface area contributed by atoms with Crippen molar-refractivity contribution in [3.05, 3.63) is 29.6 Å². The molecular weight excluding hydrogens is 409 g/mol. The minimum atomic E-state index is -0.755. The summed E-state index contributed by atoms with van der Waals surface area (Å²) in [6.07, 6.45) is 5.03. The molecule has 1 aromatic carbocycles. The number of hydrogen-bond acceptors (Lipinski definition) is 4. The van der Waals surface area contributed by atoms with Crippen LogP contribution in [0.25, 0.3) is 0 Å². The zero-order valence-corrected chi connectivity index (χ0v) is 20.1. The molecule has 7 heteroatoms. The highest BCUT2D eigenvalue weighted by Crippen LogP contribution is 2.40. The Balaban J connectivity index is 1.58. The van der Waals surface area contributed by atoms with Crippen molar-refractivity contribution in [1.29, 1.82) is 0 Å². The van der Waals surface area contributed by atoms with E-state index in [4.69, 9.17) is 4.74 Å². The van der Waals surface area contributed by atoms with Gasteiger partial charge in [0, 0.05) is 44.3 Å². The molecule has 2 atom stereocenters. The maximum Gasteiger partial charge on any atom is 0.408 e. The molecule has 0 spiro atoms. The third kappa shape index (κ3) is 5.93. The maximum absolute atomic E-state index is 13.8. The molecule has 178 valence electrons. The van der Waals surface area contributed by atoms with Gasteiger partial charge >= 0.3 is 6.09 Å². The maximum atomic E-state index is 13.8. The van der Waals surface area contributed by atoms with Gasteiger partial charge in [0.05, 0.1) is 0 Å². The van der Waals surface area contributed by atoms with Crippen molar-refractivity contribution in [2.45, 2.75) is 76.9 Å². The van der Waals surface area contributed by atoms with Gasteiger partial charge in [0.25, 0.3) is 5.91 Å². The zero-order valence-electron chi connectivity index (χ0n) is 20.1. The highest BCUT2D eigenvalue weighted by Gasteiger charge is 2.36. The molecule has 3 rings (SSSR count). The number of hydrogen-bond donors (Lipinski definition) is 1. The monoisotopic (exact) mass is 447 g/mol. The number of ether oxygens (including phenoxy) is 1. The Hall–Kier alpha value is -2.31. The fraction of sp³-hybridized carbons (Fsp3) is 0.680. The highest BCUT2D eigenvalue weighted by atomic mass is 19.1. The van der Waals surface area contributed by atoms with Crippen LogP contribution >= 0.6 is 0 Å². The van der Waals surface area contributed by atoms with E-state index in [1.807, 2.05) is 6.92 Å². The van der Waals surface area contributed by atoms with E-state index in [1.54, 1.807) is 26.2 Å². The summed E-state index contributed by atoms with van der Waals surface area (Å²) >= 11 is 0. The van der Waals surface area contributed by atoms with Crippen LogP contribution in [0.15, 0.2) is 18.2 Å². The quantitative estimate of drug-likeness (QED) is 0.670. The Morgan fingerprint density at radius 1 is 1.25 bits per heavy atom. The van der Waals surface area contributed by atoms with Crippen LogP contribution in [0.3, 0.4) is 0 Å². The van der Waals surface area contributed by atoms with E-state index in [0.717, 1.165) is 30.6 Å². The average Bonchev–Trinajstić information content (AvgIpc) is 2.96. The number of rotatable bonds is 7. The second kappa shape index (κ2) is 10.1. The number of likely N-dealkylation sites (N-methyl/N-ethyl adjacent to an activating group) is 1. The molecule has 1 N–H and O–H groups in total. The number of anilines is 1. The van der Waals surface area contributed by atoms with Gasteiger partial charge in [-0.2, -0.15) is 0 Å². The molecular formula is C25H38FN3O3. The lowest BCUT2D eigenvalue weighted by Crippen LogP contribution is -2.46. The fourth-order valence-corrected chi connectivity index (χ4v) is 5.09. The Labute approximate surface area is 191 Å². The molecule has 32 heavy (non-hydrogen) atoms. The van der Waals surface area contributed by atoms with Gasteiger partial charge in [0.15, 0.2) is 6.10 Å². The number of nitrogens with one attached hydrogen (secondary N) is 1. The zero-order chi connectivity index (χ0) is 23.5. The molecule has 1 heterocycles. The molecule has 1 fully saturated rings. The summed E-state index contributed by atoms with van der Waals surface area (Å²) < 4.78 is 19.4. The average molecular weight is 448 g/mol. The minimum absolute atomic E-state index is 0.166. The molecule has 1 aliphatic heterocycles. The van der Waals surface area contributed by atoms with Crippen LogP contribution in [0.2, 0.25) is 0 Å². The predicted molar refractivity (Wildman–Crippen MR) is 124 cm³/mol. The van der Waals surface area contributed by atoms with Crippen LogP contribution in [-0.4, -0.2) is 56.2 Å². The first-order valence-electron chi connectivity index (χ1n) is 11.8. The third-order valence-corrected chi connectivity index (χ3v) is 6.71. The van der Waals surface area contributed by atoms with Gasteiger partial charge in [0.2, 0.25) is 0 Å². The topological polar surface area (TPSA) is 61.9 Å². The Morgan fingerprint density at radius 3 is 2.59 bits per heavy atom. The lowest BCUT2D eigenvalue weighted by molar-refractivity contribution is -0.138. The van der Waals surface area contributed by atoms with Crippen molar-refractivity contribution in [3.8, 4) is 0 Å². The standard InChI is InChI=1S/C25H38FN3O3/c1-17(15-29-16-25(2,3)20-14-19(26)11-12-21(20)29)27-24(31)32-22(23(30)28(4)5)13-18-9-7-6-8-10-18/h11-12,14,17-18,22H,6-10,13,15-16H2,1-5H3,(H,27,31)/t17-,22-/m0/s1. The fourth-order valence-electron chi connectivity index (χ4n) is 5.09. The molecule has 1 aromatic rings. The lowest BCUT2D eigenvalue weighted by Gasteiger charge is -2.29. The molecule has 0 bridgehead atoms. The van der Waals surface area contributed by atoms with Gasteiger partial charge in [-0.15, -0.1) is 0 Å². The van der Waals surface area contributed by atoms with Crippen molar-refractivity contribution < 1.29 is 18.7 Å². The van der Waals surface area contributed by atoms with Crippen LogP contribution in [0.1, 0.15) is 64.9 Å². The second-order valence-electron chi connectivity index (χ2n) is 10.3. The first kappa shape index (κ1) is 24.3. The summed E-state index contributed by atoms with van der Waals surface area (Å²) in [6.45, 7) is 7.43. The van der Waals surface area contributed by atoms with Gasteiger partial charge in [-0.3, -0.25) is 4.79 Å². The van der Waals surface area contributed by atoms with Crippen molar-refractivity contribution in [2.75, 3.05) is 32.1 Å². The first-order valence-corrected chi connectivity index (χ1v) is 11.8. The molecule has 0 saturated heterocycles. The van der Waals surface area contributed by atoms with E-state index in [0.29, 0.717) is 18.9 Å². The van der Waals surface area contributed by atoms with E-state index < -0.39 is 12.2 Å². The number of halogens is 1. The smallest absolute Gasteiger partial charge is 0.408 e. The molecule has 6 nitrogen and oxygen atoms in total. The van der Waals surface area contributed by atoms with Crippen LogP contribution < -0.4 is 10.2 Å². The molecule has 2 amide bonds. The molecule has 0 unspecified atom stereocenters. The highest BCUT2D eigenvalue weighted by molar-refractivity contribution is 5.83. The number of fused-ring (bicyclic) bond motifs is 1. The molecule has 0 radical (unpaired) electrons. The summed E-state index contributed by atoms with van der Waals surface area (Å²) in [5.41, 5.74) is 1.81. The third-order valence-electron chi connectivity index (χ3n) is 6.71. The van der Waals surface area contributed by atoms with Crippen LogP contribution in [0.4, 0.5) is 14.9 Å². The van der Waals surface area contributed by atoms with Gasteiger partial charge in [-0.25, -0.2) is 9.18 Å². The summed E-state index contributed by atoms with van der Waals surface area (Å²) in [5.74, 6) is 0.0187. The number of carbonyl (C=O) groups is 2. The van der Waals surface area contributed by atoms with Gasteiger partial charge < -0.3 is 19.9 Å². The number of amides is 2. The second-order valence-corrected chi connectivity index (χ2v) is 10.3. The summed E-state index contributed by atoms with van der Waals surface area (Å²) in [7, 11) is 3.38. The van der Waals surface area contributed by atoms with Crippen LogP contribution in [0, 0.1) is 11.7 Å². The van der Waals surface area contributed by atoms with Crippen molar-refractivity contribution in [3.63, 3.8) is 0 Å². The molecule has 1 aliphatic carbocycles. The van der Waals surface area contributed by atoms with E-state index in [1.165, 1.54) is 30.2 Å². The van der Waals surface area contributed by atoms with E-state index in [9.17, 15) is 14.0 Å². The summed E-state index contributed by atoms with van der Waals surface area (Å²) in [6, 6.07) is 4.69. The van der Waals surface area contributed by atoms with Crippen molar-refractivity contribution >= 4 is 17.7 Å². The number of alkyl carbamates (subject to hydrolysis) is 1. The van der Waals surface area contributed by atoms with E-state index in [2.05, 4.69) is 24.1 Å². The number of carbonyl (C=O) groups excluding carboxylic acids is 2. The number of nitrogens with zero attached hydrogens (tertiary/aromatic N) is 2. The van der Waals surface area contributed by atoms with Gasteiger partial charge in [-0.1, -0.05) is 46.0 Å². The molecule has 1 saturated carbocycles. The predicted octanol–water partition coefficient (Wildman–Crippen LogP) is 4.47.